The van der Waals surface area contributed by atoms with E-state index in [1.54, 1.807) is 7.11 Å². The minimum atomic E-state index is 0.0904. The number of rotatable bonds is 7. The van der Waals surface area contributed by atoms with E-state index in [9.17, 15) is 0 Å². The van der Waals surface area contributed by atoms with E-state index in [1.807, 2.05) is 19.1 Å². The molecule has 0 aliphatic rings. The molecule has 2 atom stereocenters. The van der Waals surface area contributed by atoms with Gasteiger partial charge in [-0.2, -0.15) is 0 Å². The molecule has 4 heteroatoms. The molecule has 3 nitrogen and oxygen atoms in total. The lowest BCUT2D eigenvalue weighted by molar-refractivity contribution is 0.244. The lowest BCUT2D eigenvalue weighted by atomic mass is 10.1. The van der Waals surface area contributed by atoms with Crippen molar-refractivity contribution in [2.75, 3.05) is 13.7 Å². The van der Waals surface area contributed by atoms with Crippen molar-refractivity contribution >= 4 is 11.6 Å². The van der Waals surface area contributed by atoms with Gasteiger partial charge in [-0.15, -0.1) is 0 Å². The van der Waals surface area contributed by atoms with Crippen LogP contribution in [0.3, 0.4) is 0 Å². The number of hydrogen-bond donors (Lipinski definition) is 1. The van der Waals surface area contributed by atoms with Crippen molar-refractivity contribution in [3.05, 3.63) is 22.7 Å². The van der Waals surface area contributed by atoms with Crippen LogP contribution >= 0.6 is 11.6 Å². The summed E-state index contributed by atoms with van der Waals surface area (Å²) < 4.78 is 11.1. The fourth-order valence-electron chi connectivity index (χ4n) is 1.75. The normalized spacial score (nSPS) is 14.0. The lowest BCUT2D eigenvalue weighted by Crippen LogP contribution is -2.17. The molecule has 0 bridgehead atoms. The molecule has 2 N–H and O–H groups in total. The van der Waals surface area contributed by atoms with Gasteiger partial charge in [0, 0.05) is 6.04 Å². The molecule has 0 aliphatic carbocycles. The zero-order valence-electron chi connectivity index (χ0n) is 12.2. The summed E-state index contributed by atoms with van der Waals surface area (Å²) in [6, 6.07) is 3.94. The zero-order chi connectivity index (χ0) is 14.4. The van der Waals surface area contributed by atoms with Crippen LogP contribution in [0.4, 0.5) is 0 Å². The Bertz CT molecular complexity index is 407. The number of methoxy groups -OCH3 is 1. The molecule has 108 valence electrons. The van der Waals surface area contributed by atoms with E-state index in [2.05, 4.69) is 13.8 Å². The summed E-state index contributed by atoms with van der Waals surface area (Å²) in [7, 11) is 1.62. The van der Waals surface area contributed by atoms with E-state index in [0.29, 0.717) is 29.0 Å². The quantitative estimate of drug-likeness (QED) is 0.831. The molecule has 1 aromatic carbocycles. The lowest BCUT2D eigenvalue weighted by Gasteiger charge is -2.17. The highest BCUT2D eigenvalue weighted by atomic mass is 35.5. The van der Waals surface area contributed by atoms with Crippen molar-refractivity contribution in [1.29, 1.82) is 0 Å². The van der Waals surface area contributed by atoms with Crippen molar-refractivity contribution in [2.24, 2.45) is 11.7 Å². The topological polar surface area (TPSA) is 44.5 Å². The number of nitrogens with two attached hydrogens (primary N) is 1. The predicted octanol–water partition coefficient (Wildman–Crippen LogP) is 3.66. The Balaban J connectivity index is 2.91. The summed E-state index contributed by atoms with van der Waals surface area (Å²) in [6.07, 6.45) is 1.84. The van der Waals surface area contributed by atoms with Gasteiger partial charge in [-0.3, -0.25) is 0 Å². The van der Waals surface area contributed by atoms with Gasteiger partial charge in [0.15, 0.2) is 11.5 Å². The van der Waals surface area contributed by atoms with Gasteiger partial charge in [0.05, 0.1) is 18.7 Å². The van der Waals surface area contributed by atoms with Gasteiger partial charge in [0.1, 0.15) is 0 Å². The third-order valence-corrected chi connectivity index (χ3v) is 3.34. The number of ether oxygens (including phenoxy) is 2. The Hall–Kier alpha value is -0.930. The first kappa shape index (κ1) is 16.1. The molecule has 0 amide bonds. The third-order valence-electron chi connectivity index (χ3n) is 3.06. The van der Waals surface area contributed by atoms with Crippen molar-refractivity contribution in [2.45, 2.75) is 39.7 Å². The molecule has 0 spiro atoms. The molecule has 0 aliphatic heterocycles. The van der Waals surface area contributed by atoms with Gasteiger partial charge < -0.3 is 15.2 Å². The molecular weight excluding hydrogens is 262 g/mol. The average Bonchev–Trinajstić information content (AvgIpc) is 2.35. The molecule has 0 saturated heterocycles. The van der Waals surface area contributed by atoms with Crippen LogP contribution in [-0.2, 0) is 6.42 Å². The number of hydrogen-bond acceptors (Lipinski definition) is 3. The maximum absolute atomic E-state index is 6.28. The smallest absolute Gasteiger partial charge is 0.179 e. The van der Waals surface area contributed by atoms with Gasteiger partial charge in [0.25, 0.3) is 0 Å². The Kier molecular flexibility index (Phi) is 6.46. The van der Waals surface area contributed by atoms with Crippen molar-refractivity contribution in [3.63, 3.8) is 0 Å². The summed E-state index contributed by atoms with van der Waals surface area (Å²) in [5.41, 5.74) is 6.87. The Morgan fingerprint density at radius 1 is 1.32 bits per heavy atom. The molecule has 0 fully saturated rings. The summed E-state index contributed by atoms with van der Waals surface area (Å²) in [5, 5.41) is 0.582. The van der Waals surface area contributed by atoms with Crippen LogP contribution in [0.2, 0.25) is 5.02 Å². The molecule has 2 unspecified atom stereocenters. The van der Waals surface area contributed by atoms with Crippen LogP contribution in [0.5, 0.6) is 11.5 Å². The van der Waals surface area contributed by atoms with Gasteiger partial charge in [-0.05, 0) is 37.0 Å². The first-order chi connectivity index (χ1) is 8.97. The van der Waals surface area contributed by atoms with E-state index in [0.717, 1.165) is 18.4 Å². The van der Waals surface area contributed by atoms with E-state index in [-0.39, 0.29) is 6.04 Å². The summed E-state index contributed by atoms with van der Waals surface area (Å²) in [4.78, 5) is 0. The standard InChI is InChI=1S/C15H24ClNO2/c1-5-10(2)9-19-15-13(16)7-12(6-11(3)17)8-14(15)18-4/h7-8,10-11H,5-6,9,17H2,1-4H3. The van der Waals surface area contributed by atoms with Gasteiger partial charge >= 0.3 is 0 Å². The summed E-state index contributed by atoms with van der Waals surface area (Å²) in [5.74, 6) is 1.79. The molecule has 0 saturated carbocycles. The zero-order valence-corrected chi connectivity index (χ0v) is 13.0. The van der Waals surface area contributed by atoms with Crippen molar-refractivity contribution in [1.82, 2.24) is 0 Å². The van der Waals surface area contributed by atoms with Crippen LogP contribution in [0, 0.1) is 5.92 Å². The van der Waals surface area contributed by atoms with Crippen LogP contribution in [-0.4, -0.2) is 19.8 Å². The fourth-order valence-corrected chi connectivity index (χ4v) is 2.03. The Morgan fingerprint density at radius 3 is 2.53 bits per heavy atom. The molecule has 0 aromatic heterocycles. The molecular formula is C15H24ClNO2. The highest BCUT2D eigenvalue weighted by Gasteiger charge is 2.13. The molecule has 1 rings (SSSR count). The van der Waals surface area contributed by atoms with Crippen molar-refractivity contribution in [3.8, 4) is 11.5 Å². The van der Waals surface area contributed by atoms with Crippen LogP contribution in [0.1, 0.15) is 32.8 Å². The highest BCUT2D eigenvalue weighted by molar-refractivity contribution is 6.32. The minimum Gasteiger partial charge on any atom is -0.493 e. The number of benzene rings is 1. The van der Waals surface area contributed by atoms with Crippen LogP contribution < -0.4 is 15.2 Å². The third kappa shape index (κ3) is 4.92. The van der Waals surface area contributed by atoms with Gasteiger partial charge in [0.2, 0.25) is 0 Å². The predicted molar refractivity (Wildman–Crippen MR) is 80.3 cm³/mol. The largest absolute Gasteiger partial charge is 0.493 e. The Labute approximate surface area is 121 Å². The molecule has 0 radical (unpaired) electrons. The van der Waals surface area contributed by atoms with Gasteiger partial charge in [-0.1, -0.05) is 31.9 Å². The molecule has 19 heavy (non-hydrogen) atoms. The molecule has 1 aromatic rings. The van der Waals surface area contributed by atoms with Crippen LogP contribution in [0.15, 0.2) is 12.1 Å². The van der Waals surface area contributed by atoms with E-state index in [1.165, 1.54) is 0 Å². The second-order valence-corrected chi connectivity index (χ2v) is 5.52. The maximum atomic E-state index is 6.28. The first-order valence-electron chi connectivity index (χ1n) is 6.72. The maximum Gasteiger partial charge on any atom is 0.179 e. The monoisotopic (exact) mass is 285 g/mol. The Morgan fingerprint density at radius 2 is 2.00 bits per heavy atom. The van der Waals surface area contributed by atoms with E-state index >= 15 is 0 Å². The van der Waals surface area contributed by atoms with E-state index < -0.39 is 0 Å². The fraction of sp³-hybridized carbons (Fsp3) is 0.600. The summed E-state index contributed by atoms with van der Waals surface area (Å²) in [6.45, 7) is 6.89. The average molecular weight is 286 g/mol. The second kappa shape index (κ2) is 7.61. The van der Waals surface area contributed by atoms with Crippen molar-refractivity contribution < 1.29 is 9.47 Å². The second-order valence-electron chi connectivity index (χ2n) is 5.11. The highest BCUT2D eigenvalue weighted by Crippen LogP contribution is 2.37. The van der Waals surface area contributed by atoms with E-state index in [4.69, 9.17) is 26.8 Å². The SMILES string of the molecule is CCC(C)COc1c(Cl)cc(CC(C)N)cc1OC. The first-order valence-corrected chi connectivity index (χ1v) is 7.10. The molecule has 0 heterocycles. The minimum absolute atomic E-state index is 0.0904. The van der Waals surface area contributed by atoms with Crippen LogP contribution in [0.25, 0.3) is 0 Å². The number of halogens is 1. The summed E-state index contributed by atoms with van der Waals surface area (Å²) >= 11 is 6.28. The van der Waals surface area contributed by atoms with Gasteiger partial charge in [-0.25, -0.2) is 0 Å².